The van der Waals surface area contributed by atoms with Crippen LogP contribution in [-0.2, 0) is 14.3 Å². The molecule has 11 heteroatoms. The average Bonchev–Trinajstić information content (AvgIpc) is 3.21. The summed E-state index contributed by atoms with van der Waals surface area (Å²) in [5, 5.41) is 9.86. The summed E-state index contributed by atoms with van der Waals surface area (Å²) >= 11 is 39.2. The van der Waals surface area contributed by atoms with E-state index in [1.165, 1.54) is 0 Å². The molecular weight excluding hydrogens is 447 g/mol. The van der Waals surface area contributed by atoms with Gasteiger partial charge in [0.15, 0.2) is 4.33 Å². The zero-order valence-corrected chi connectivity index (χ0v) is 15.9. The van der Waals surface area contributed by atoms with E-state index in [0.29, 0.717) is 0 Å². The molecular formula is C13H7Cl6NO4. The fraction of sp³-hybridized carbons (Fsp3) is 0.692. The molecule has 2 aliphatic carbocycles. The van der Waals surface area contributed by atoms with Crippen molar-refractivity contribution in [2.24, 2.45) is 23.7 Å². The first-order chi connectivity index (χ1) is 11.0. The van der Waals surface area contributed by atoms with Gasteiger partial charge in [0.2, 0.25) is 0 Å². The molecule has 5 nitrogen and oxygen atoms in total. The van der Waals surface area contributed by atoms with Gasteiger partial charge in [-0.05, 0) is 0 Å². The Hall–Kier alpha value is 0.540. The van der Waals surface area contributed by atoms with Crippen molar-refractivity contribution in [3.05, 3.63) is 10.1 Å². The van der Waals surface area contributed by atoms with Crippen LogP contribution in [-0.4, -0.2) is 48.4 Å². The number of carbonyl (C=O) groups excluding carboxylic acids is 2. The van der Waals surface area contributed by atoms with Gasteiger partial charge in [0, 0.05) is 11.8 Å². The summed E-state index contributed by atoms with van der Waals surface area (Å²) in [6.07, 6.45) is -1.57. The van der Waals surface area contributed by atoms with Crippen LogP contribution in [0.4, 0.5) is 0 Å². The standard InChI is InChI=1S/C13H7Cl6NO4/c14-7-8(15)12(17)4-3(11(7,16)13(12,18)19)5-1-2(6(4)24-5)10(22)20(23)9(1)21/h1-6,23H/t1-,2+,3-,4-,5+,6-,11+,12+/m0/s1. The first kappa shape index (κ1) is 16.7. The van der Waals surface area contributed by atoms with Crippen molar-refractivity contribution in [3.8, 4) is 0 Å². The van der Waals surface area contributed by atoms with E-state index in [9.17, 15) is 14.8 Å². The van der Waals surface area contributed by atoms with Crippen molar-refractivity contribution in [1.82, 2.24) is 5.06 Å². The number of hydrogen-bond donors (Lipinski definition) is 1. The Morgan fingerprint density at radius 2 is 1.25 bits per heavy atom. The number of amides is 2. The molecule has 0 aromatic heterocycles. The quantitative estimate of drug-likeness (QED) is 0.348. The predicted octanol–water partition coefficient (Wildman–Crippen LogP) is 2.84. The number of hydrogen-bond acceptors (Lipinski definition) is 4. The van der Waals surface area contributed by atoms with Crippen LogP contribution in [0.25, 0.3) is 0 Å². The second-order valence-electron chi connectivity index (χ2n) is 6.78. The number of allylic oxidation sites excluding steroid dienone is 2. The predicted molar refractivity (Wildman–Crippen MR) is 86.6 cm³/mol. The van der Waals surface area contributed by atoms with Crippen molar-refractivity contribution >= 4 is 81.4 Å². The van der Waals surface area contributed by atoms with E-state index in [1.807, 2.05) is 0 Å². The zero-order chi connectivity index (χ0) is 17.6. The molecule has 0 aromatic carbocycles. The number of halogens is 6. The molecule has 0 unspecified atom stereocenters. The lowest BCUT2D eigenvalue weighted by Crippen LogP contribution is -2.50. The molecule has 0 aromatic rings. The molecule has 1 N–H and O–H groups in total. The lowest BCUT2D eigenvalue weighted by Gasteiger charge is -2.39. The Bertz CT molecular complexity index is 714. The number of rotatable bonds is 0. The maximum atomic E-state index is 12.2. The summed E-state index contributed by atoms with van der Waals surface area (Å²) in [5.74, 6) is -4.42. The highest BCUT2D eigenvalue weighted by atomic mass is 35.5. The van der Waals surface area contributed by atoms with Crippen LogP contribution in [0.15, 0.2) is 10.1 Å². The van der Waals surface area contributed by atoms with Gasteiger partial charge in [0.05, 0.1) is 34.1 Å². The summed E-state index contributed by atoms with van der Waals surface area (Å²) in [6.45, 7) is 0. The van der Waals surface area contributed by atoms with Crippen LogP contribution in [0.3, 0.4) is 0 Å². The second kappa shape index (κ2) is 4.33. The molecule has 4 bridgehead atoms. The lowest BCUT2D eigenvalue weighted by atomic mass is 9.65. The summed E-state index contributed by atoms with van der Waals surface area (Å²) in [6, 6.07) is 0. The summed E-state index contributed by atoms with van der Waals surface area (Å²) in [4.78, 5) is 21.4. The Kier molecular flexibility index (Phi) is 3.01. The minimum atomic E-state index is -1.74. The second-order valence-corrected chi connectivity index (χ2v) is 10.1. The summed E-state index contributed by atoms with van der Waals surface area (Å²) < 4.78 is 4.15. The summed E-state index contributed by atoms with van der Waals surface area (Å²) in [7, 11) is 0. The molecule has 2 amide bonds. The normalized spacial score (nSPS) is 56.5. The first-order valence-electron chi connectivity index (χ1n) is 7.07. The minimum Gasteiger partial charge on any atom is -0.373 e. The van der Waals surface area contributed by atoms with Crippen LogP contribution >= 0.6 is 69.6 Å². The van der Waals surface area contributed by atoms with E-state index in [-0.39, 0.29) is 15.1 Å². The number of hydroxylamine groups is 2. The smallest absolute Gasteiger partial charge is 0.259 e. The Balaban J connectivity index is 1.73. The monoisotopic (exact) mass is 451 g/mol. The van der Waals surface area contributed by atoms with Crippen molar-refractivity contribution in [2.45, 2.75) is 26.3 Å². The Morgan fingerprint density at radius 3 is 1.62 bits per heavy atom. The van der Waals surface area contributed by atoms with E-state index in [2.05, 4.69) is 0 Å². The van der Waals surface area contributed by atoms with Crippen molar-refractivity contribution < 1.29 is 19.5 Å². The number of imide groups is 1. The molecule has 4 fully saturated rings. The van der Waals surface area contributed by atoms with Crippen LogP contribution in [0.5, 0.6) is 0 Å². The van der Waals surface area contributed by atoms with Gasteiger partial charge in [0.25, 0.3) is 11.8 Å². The van der Waals surface area contributed by atoms with Gasteiger partial charge in [-0.2, -0.15) is 5.06 Å². The van der Waals surface area contributed by atoms with Gasteiger partial charge >= 0.3 is 0 Å². The third-order valence-corrected chi connectivity index (χ3v) is 10.4. The first-order valence-corrected chi connectivity index (χ1v) is 9.33. The van der Waals surface area contributed by atoms with Crippen LogP contribution in [0.1, 0.15) is 0 Å². The highest BCUT2D eigenvalue weighted by Gasteiger charge is 2.89. The molecule has 8 atom stereocenters. The van der Waals surface area contributed by atoms with Gasteiger partial charge in [-0.3, -0.25) is 14.8 Å². The van der Waals surface area contributed by atoms with E-state index < -0.39 is 61.8 Å². The van der Waals surface area contributed by atoms with Gasteiger partial charge < -0.3 is 4.74 Å². The number of ether oxygens (including phenoxy) is 1. The Labute approximate surface area is 165 Å². The SMILES string of the molecule is O=C1[C@@H]2[C@H]3O[C@@H]([C@@H]2C(=O)N1O)[C@@H]1[C@@H]3[C@@]2(Cl)C(Cl)=C(Cl)[C@@]1(Cl)C2(Cl)Cl. The highest BCUT2D eigenvalue weighted by molar-refractivity contribution is 6.65. The average molecular weight is 454 g/mol. The number of fused-ring (bicyclic) bond motifs is 12. The third-order valence-electron chi connectivity index (χ3n) is 6.16. The van der Waals surface area contributed by atoms with Crippen molar-refractivity contribution in [1.29, 1.82) is 0 Å². The number of nitrogens with zero attached hydrogens (tertiary/aromatic N) is 1. The largest absolute Gasteiger partial charge is 0.373 e. The summed E-state index contributed by atoms with van der Waals surface area (Å²) in [5.41, 5.74) is 0. The molecule has 5 rings (SSSR count). The lowest BCUT2D eigenvalue weighted by molar-refractivity contribution is -0.176. The molecule has 130 valence electrons. The fourth-order valence-corrected chi connectivity index (χ4v) is 8.34. The van der Waals surface area contributed by atoms with Gasteiger partial charge in [-0.25, -0.2) is 0 Å². The molecule has 1 saturated carbocycles. The Morgan fingerprint density at radius 1 is 0.875 bits per heavy atom. The van der Waals surface area contributed by atoms with E-state index >= 15 is 0 Å². The third kappa shape index (κ3) is 1.28. The molecule has 3 aliphatic heterocycles. The molecule has 0 spiro atoms. The zero-order valence-electron chi connectivity index (χ0n) is 11.4. The molecule has 5 aliphatic rings. The van der Waals surface area contributed by atoms with E-state index in [4.69, 9.17) is 74.3 Å². The maximum absolute atomic E-state index is 12.2. The number of alkyl halides is 4. The molecule has 3 heterocycles. The van der Waals surface area contributed by atoms with E-state index in [0.717, 1.165) is 0 Å². The van der Waals surface area contributed by atoms with Crippen LogP contribution in [0, 0.1) is 23.7 Å². The number of carbonyl (C=O) groups is 2. The highest BCUT2D eigenvalue weighted by Crippen LogP contribution is 2.81. The minimum absolute atomic E-state index is 0.0254. The van der Waals surface area contributed by atoms with Gasteiger partial charge in [-0.1, -0.05) is 46.4 Å². The van der Waals surface area contributed by atoms with E-state index in [1.54, 1.807) is 0 Å². The van der Waals surface area contributed by atoms with Crippen molar-refractivity contribution in [2.75, 3.05) is 0 Å². The topological polar surface area (TPSA) is 66.8 Å². The fourth-order valence-electron chi connectivity index (χ4n) is 5.28. The molecule has 24 heavy (non-hydrogen) atoms. The molecule has 0 radical (unpaired) electrons. The van der Waals surface area contributed by atoms with Gasteiger partial charge in [0.1, 0.15) is 9.75 Å². The van der Waals surface area contributed by atoms with Crippen molar-refractivity contribution in [3.63, 3.8) is 0 Å². The van der Waals surface area contributed by atoms with Crippen LogP contribution < -0.4 is 0 Å². The van der Waals surface area contributed by atoms with Crippen LogP contribution in [0.2, 0.25) is 0 Å². The maximum Gasteiger partial charge on any atom is 0.259 e. The van der Waals surface area contributed by atoms with Gasteiger partial charge in [-0.15, -0.1) is 23.2 Å². The molecule has 3 saturated heterocycles.